The van der Waals surface area contributed by atoms with Gasteiger partial charge in [0.25, 0.3) is 0 Å². The van der Waals surface area contributed by atoms with E-state index in [0.29, 0.717) is 0 Å². The highest BCUT2D eigenvalue weighted by atomic mass is 16.3. The van der Waals surface area contributed by atoms with E-state index < -0.39 is 0 Å². The lowest BCUT2D eigenvalue weighted by Gasteiger charge is -2.29. The lowest BCUT2D eigenvalue weighted by atomic mass is 9.92. The molecule has 0 aliphatic heterocycles. The van der Waals surface area contributed by atoms with Crippen LogP contribution in [0.3, 0.4) is 0 Å². The summed E-state index contributed by atoms with van der Waals surface area (Å²) in [7, 11) is 0. The van der Waals surface area contributed by atoms with Crippen LogP contribution in [0.15, 0.2) is 229 Å². The van der Waals surface area contributed by atoms with Crippen LogP contribution in [0.1, 0.15) is 13.8 Å². The molecule has 1 heterocycles. The number of fused-ring (bicyclic) bond motifs is 3. The predicted molar refractivity (Wildman–Crippen MR) is 247 cm³/mol. The van der Waals surface area contributed by atoms with E-state index in [9.17, 15) is 0 Å². The average molecular weight is 746 g/mol. The van der Waals surface area contributed by atoms with Crippen LogP contribution in [0.5, 0.6) is 0 Å². The molecular formula is C56H43NO. The predicted octanol–water partition coefficient (Wildman–Crippen LogP) is 16.4. The van der Waals surface area contributed by atoms with Gasteiger partial charge in [-0.15, -0.1) is 0 Å². The Balaban J connectivity index is 0.00000215. The van der Waals surface area contributed by atoms with Gasteiger partial charge in [0.15, 0.2) is 0 Å². The fourth-order valence-electron chi connectivity index (χ4n) is 7.88. The summed E-state index contributed by atoms with van der Waals surface area (Å²) in [4.78, 5) is 2.39. The van der Waals surface area contributed by atoms with E-state index in [1.165, 1.54) is 27.8 Å². The van der Waals surface area contributed by atoms with E-state index in [-0.39, 0.29) is 0 Å². The van der Waals surface area contributed by atoms with Crippen LogP contribution in [0.2, 0.25) is 0 Å². The maximum absolute atomic E-state index is 6.59. The molecule has 0 saturated carbocycles. The Hall–Kier alpha value is -7.42. The number of para-hydroxylation sites is 2. The van der Waals surface area contributed by atoms with E-state index >= 15 is 0 Å². The monoisotopic (exact) mass is 745 g/mol. The molecule has 0 amide bonds. The molecule has 2 nitrogen and oxygen atoms in total. The van der Waals surface area contributed by atoms with E-state index in [4.69, 9.17) is 4.42 Å². The fourth-order valence-corrected chi connectivity index (χ4v) is 7.88. The number of anilines is 3. The molecule has 0 fully saturated rings. The quantitative estimate of drug-likeness (QED) is 0.154. The highest BCUT2D eigenvalue weighted by molar-refractivity contribution is 6.12. The third kappa shape index (κ3) is 7.09. The molecule has 0 unspecified atom stereocenters. The minimum absolute atomic E-state index is 0.886. The molecule has 0 aliphatic rings. The van der Waals surface area contributed by atoms with Gasteiger partial charge >= 0.3 is 0 Å². The highest BCUT2D eigenvalue weighted by Crippen LogP contribution is 2.46. The van der Waals surface area contributed by atoms with Crippen LogP contribution >= 0.6 is 0 Å². The Kier molecular flexibility index (Phi) is 10.2. The molecule has 0 radical (unpaired) electrons. The Morgan fingerprint density at radius 1 is 0.310 bits per heavy atom. The van der Waals surface area contributed by atoms with Gasteiger partial charge in [-0.1, -0.05) is 190 Å². The number of hydrogen-bond acceptors (Lipinski definition) is 2. The van der Waals surface area contributed by atoms with Gasteiger partial charge in [0.2, 0.25) is 0 Å². The number of rotatable bonds is 8. The van der Waals surface area contributed by atoms with Crippen molar-refractivity contribution in [3.63, 3.8) is 0 Å². The first-order valence-corrected chi connectivity index (χ1v) is 20.1. The van der Waals surface area contributed by atoms with Gasteiger partial charge < -0.3 is 9.32 Å². The third-order valence-corrected chi connectivity index (χ3v) is 10.7. The second-order valence-electron chi connectivity index (χ2n) is 14.1. The van der Waals surface area contributed by atoms with Gasteiger partial charge in [-0.2, -0.15) is 0 Å². The van der Waals surface area contributed by atoms with Crippen LogP contribution in [-0.4, -0.2) is 0 Å². The first-order valence-electron chi connectivity index (χ1n) is 20.1. The molecule has 0 bridgehead atoms. The van der Waals surface area contributed by atoms with E-state index in [1.54, 1.807) is 0 Å². The molecule has 0 spiro atoms. The van der Waals surface area contributed by atoms with Crippen molar-refractivity contribution in [2.45, 2.75) is 13.8 Å². The zero-order valence-corrected chi connectivity index (χ0v) is 32.7. The highest BCUT2D eigenvalue weighted by Gasteiger charge is 2.21. The molecule has 278 valence electrons. The summed E-state index contributed by atoms with van der Waals surface area (Å²) >= 11 is 0. The van der Waals surface area contributed by atoms with Gasteiger partial charge in [0, 0.05) is 33.3 Å². The van der Waals surface area contributed by atoms with E-state index in [1.807, 2.05) is 19.9 Å². The summed E-state index contributed by atoms with van der Waals surface area (Å²) in [6.07, 6.45) is 0. The van der Waals surface area contributed by atoms with Gasteiger partial charge in [0.1, 0.15) is 11.2 Å². The Morgan fingerprint density at radius 2 is 0.759 bits per heavy atom. The van der Waals surface area contributed by atoms with Crippen molar-refractivity contribution in [3.05, 3.63) is 224 Å². The molecular weight excluding hydrogens is 703 g/mol. The van der Waals surface area contributed by atoms with Gasteiger partial charge in [-0.05, 0) is 93.0 Å². The lowest BCUT2D eigenvalue weighted by molar-refractivity contribution is 0.670. The third-order valence-electron chi connectivity index (χ3n) is 10.7. The minimum Gasteiger partial charge on any atom is -0.455 e. The maximum Gasteiger partial charge on any atom is 0.143 e. The smallest absolute Gasteiger partial charge is 0.143 e. The number of nitrogens with zero attached hydrogens (tertiary/aromatic N) is 1. The zero-order chi connectivity index (χ0) is 39.3. The molecule has 0 N–H and O–H groups in total. The SMILES string of the molecule is CC.c1ccc(-c2ccc(-c3ccc(N(c4ccccc4)c4cc(-c5ccccc5)ccc4-c4cc(-c5ccccc5)c5oc6ccccc6c5c4)cc3)cc2)cc1. The van der Waals surface area contributed by atoms with Crippen molar-refractivity contribution < 1.29 is 4.42 Å². The van der Waals surface area contributed by atoms with Crippen molar-refractivity contribution in [1.29, 1.82) is 0 Å². The molecule has 0 saturated heterocycles. The summed E-state index contributed by atoms with van der Waals surface area (Å²) in [6, 6.07) is 80.1. The van der Waals surface area contributed by atoms with Crippen molar-refractivity contribution in [2.75, 3.05) is 4.90 Å². The molecule has 0 aliphatic carbocycles. The topological polar surface area (TPSA) is 16.4 Å². The molecule has 2 heteroatoms. The fraction of sp³-hybridized carbons (Fsp3) is 0.0357. The number of benzene rings is 9. The number of hydrogen-bond donors (Lipinski definition) is 0. The first kappa shape index (κ1) is 36.2. The Bertz CT molecular complexity index is 2920. The van der Waals surface area contributed by atoms with Gasteiger partial charge in [0.05, 0.1) is 5.69 Å². The van der Waals surface area contributed by atoms with Crippen molar-refractivity contribution >= 4 is 39.0 Å². The average Bonchev–Trinajstić information content (AvgIpc) is 3.70. The van der Waals surface area contributed by atoms with Crippen molar-refractivity contribution in [2.24, 2.45) is 0 Å². The number of furan rings is 1. The Labute approximate surface area is 340 Å². The summed E-state index contributed by atoms with van der Waals surface area (Å²) in [5, 5.41) is 2.21. The summed E-state index contributed by atoms with van der Waals surface area (Å²) in [5.74, 6) is 0. The summed E-state index contributed by atoms with van der Waals surface area (Å²) < 4.78 is 6.59. The zero-order valence-electron chi connectivity index (χ0n) is 32.7. The molecule has 9 aromatic carbocycles. The van der Waals surface area contributed by atoms with E-state index in [2.05, 4.69) is 223 Å². The molecule has 0 atom stereocenters. The van der Waals surface area contributed by atoms with Crippen molar-refractivity contribution in [1.82, 2.24) is 0 Å². The maximum atomic E-state index is 6.59. The standard InChI is InChI=1S/C54H37NO.C2H6/c1-5-15-38(16-6-1)40-25-27-41(28-26-40)42-29-32-47(33-30-42)55(46-21-11-4-12-22-46)52-37-44(39-17-7-2-8-18-39)31-34-48(52)45-35-50(43-19-9-3-10-20-43)54-51(36-45)49-23-13-14-24-53(49)56-54;1-2/h1-37H;1-2H3. The van der Waals surface area contributed by atoms with Crippen LogP contribution in [0, 0.1) is 0 Å². The second kappa shape index (κ2) is 16.4. The van der Waals surface area contributed by atoms with Crippen LogP contribution < -0.4 is 4.90 Å². The molecule has 10 aromatic rings. The van der Waals surface area contributed by atoms with Crippen LogP contribution in [0.4, 0.5) is 17.1 Å². The summed E-state index contributed by atoms with van der Waals surface area (Å²) in [5.41, 5.74) is 16.6. The Morgan fingerprint density at radius 3 is 1.36 bits per heavy atom. The molecule has 1 aromatic heterocycles. The minimum atomic E-state index is 0.886. The van der Waals surface area contributed by atoms with Gasteiger partial charge in [-0.3, -0.25) is 0 Å². The normalized spacial score (nSPS) is 10.9. The second-order valence-corrected chi connectivity index (χ2v) is 14.1. The van der Waals surface area contributed by atoms with Crippen molar-refractivity contribution in [3.8, 4) is 55.6 Å². The van der Waals surface area contributed by atoms with Crippen LogP contribution in [0.25, 0.3) is 77.6 Å². The largest absolute Gasteiger partial charge is 0.455 e. The summed E-state index contributed by atoms with van der Waals surface area (Å²) in [6.45, 7) is 4.00. The lowest BCUT2D eigenvalue weighted by Crippen LogP contribution is -2.11. The first-order chi connectivity index (χ1) is 28.8. The van der Waals surface area contributed by atoms with Gasteiger partial charge in [-0.25, -0.2) is 0 Å². The van der Waals surface area contributed by atoms with Crippen LogP contribution in [-0.2, 0) is 0 Å². The molecule has 58 heavy (non-hydrogen) atoms. The van der Waals surface area contributed by atoms with E-state index in [0.717, 1.165) is 66.8 Å². The molecule has 10 rings (SSSR count).